The van der Waals surface area contributed by atoms with E-state index in [-0.39, 0.29) is 0 Å². The van der Waals surface area contributed by atoms with Gasteiger partial charge in [-0.15, -0.1) is 0 Å². The first kappa shape index (κ1) is 13.3. The standard InChI is InChI=1S/C17H18N2S/c1-3-7-14(8-4-1)11-16-13-20-17(19-16)18-12-15-9-5-2-6-10-15/h1-10,16H,11-13H2,(H,18,19). The third-order valence-electron chi connectivity index (χ3n) is 3.32. The van der Waals surface area contributed by atoms with E-state index in [2.05, 4.69) is 64.9 Å². The average molecular weight is 282 g/mol. The van der Waals surface area contributed by atoms with Crippen molar-refractivity contribution >= 4 is 16.9 Å². The Hall–Kier alpha value is -1.74. The van der Waals surface area contributed by atoms with E-state index in [9.17, 15) is 0 Å². The summed E-state index contributed by atoms with van der Waals surface area (Å²) in [5, 5.41) is 4.60. The van der Waals surface area contributed by atoms with Crippen LogP contribution in [0.25, 0.3) is 0 Å². The van der Waals surface area contributed by atoms with Crippen molar-refractivity contribution in [1.29, 1.82) is 0 Å². The summed E-state index contributed by atoms with van der Waals surface area (Å²) in [7, 11) is 0. The Morgan fingerprint density at radius 3 is 2.30 bits per heavy atom. The van der Waals surface area contributed by atoms with Crippen molar-refractivity contribution in [2.75, 3.05) is 5.75 Å². The minimum absolute atomic E-state index is 0.497. The lowest BCUT2D eigenvalue weighted by Gasteiger charge is -2.09. The molecule has 1 aliphatic heterocycles. The fourth-order valence-corrected chi connectivity index (χ4v) is 3.25. The van der Waals surface area contributed by atoms with Crippen molar-refractivity contribution in [3.05, 3.63) is 71.8 Å². The third kappa shape index (κ3) is 3.64. The van der Waals surface area contributed by atoms with E-state index in [4.69, 9.17) is 0 Å². The van der Waals surface area contributed by atoms with Crippen LogP contribution in [0.5, 0.6) is 0 Å². The number of hydrogen-bond acceptors (Lipinski definition) is 2. The summed E-state index contributed by atoms with van der Waals surface area (Å²) in [6.45, 7) is 0.758. The number of rotatable bonds is 4. The molecule has 2 aromatic rings. The fourth-order valence-electron chi connectivity index (χ4n) is 2.28. The smallest absolute Gasteiger partial charge is 0.157 e. The van der Waals surface area contributed by atoms with Crippen molar-refractivity contribution in [1.82, 2.24) is 5.32 Å². The summed E-state index contributed by atoms with van der Waals surface area (Å²) in [6, 6.07) is 21.5. The highest BCUT2D eigenvalue weighted by molar-refractivity contribution is 8.14. The first-order valence-electron chi connectivity index (χ1n) is 6.92. The topological polar surface area (TPSA) is 24.4 Å². The van der Waals surface area contributed by atoms with E-state index in [1.165, 1.54) is 11.1 Å². The van der Waals surface area contributed by atoms with Crippen LogP contribution in [0.4, 0.5) is 0 Å². The molecule has 1 saturated heterocycles. The number of hydrogen-bond donors (Lipinski definition) is 1. The van der Waals surface area contributed by atoms with Gasteiger partial charge in [0.15, 0.2) is 5.17 Å². The molecule has 0 saturated carbocycles. The summed E-state index contributed by atoms with van der Waals surface area (Å²) in [5.41, 5.74) is 2.64. The lowest BCUT2D eigenvalue weighted by atomic mass is 10.1. The summed E-state index contributed by atoms with van der Waals surface area (Å²) in [5.74, 6) is 1.10. The van der Waals surface area contributed by atoms with Gasteiger partial charge in [-0.1, -0.05) is 72.4 Å². The summed E-state index contributed by atoms with van der Waals surface area (Å²) in [4.78, 5) is 4.65. The maximum atomic E-state index is 4.65. The van der Waals surface area contributed by atoms with Crippen molar-refractivity contribution in [2.24, 2.45) is 4.99 Å². The number of thioether (sulfide) groups is 1. The van der Waals surface area contributed by atoms with Crippen molar-refractivity contribution in [3.63, 3.8) is 0 Å². The molecule has 0 bridgehead atoms. The first-order chi connectivity index (χ1) is 9.90. The molecule has 0 aromatic heterocycles. The third-order valence-corrected chi connectivity index (χ3v) is 4.41. The highest BCUT2D eigenvalue weighted by Crippen LogP contribution is 2.18. The number of nitrogens with one attached hydrogen (secondary N) is 1. The normalized spacial score (nSPS) is 20.0. The molecule has 0 aliphatic carbocycles. The van der Waals surface area contributed by atoms with Crippen LogP contribution in [-0.2, 0) is 13.0 Å². The average Bonchev–Trinajstić information content (AvgIpc) is 2.95. The Kier molecular flexibility index (Phi) is 4.38. The maximum absolute atomic E-state index is 4.65. The Balaban J connectivity index is 1.54. The van der Waals surface area contributed by atoms with Crippen LogP contribution in [0, 0.1) is 0 Å². The largest absolute Gasteiger partial charge is 0.361 e. The zero-order valence-electron chi connectivity index (χ0n) is 11.3. The zero-order chi connectivity index (χ0) is 13.6. The van der Waals surface area contributed by atoms with Crippen molar-refractivity contribution < 1.29 is 0 Å². The van der Waals surface area contributed by atoms with E-state index in [1.54, 1.807) is 0 Å². The van der Waals surface area contributed by atoms with Crippen molar-refractivity contribution in [3.8, 4) is 0 Å². The molecule has 0 spiro atoms. The van der Waals surface area contributed by atoms with Gasteiger partial charge in [0, 0.05) is 11.8 Å². The minimum Gasteiger partial charge on any atom is -0.361 e. The molecule has 1 N–H and O–H groups in total. The lowest BCUT2D eigenvalue weighted by Crippen LogP contribution is -2.29. The number of aliphatic imine (C=N–C) groups is 1. The molecule has 1 atom stereocenters. The predicted molar refractivity (Wildman–Crippen MR) is 87.1 cm³/mol. The van der Waals surface area contributed by atoms with Crippen LogP contribution >= 0.6 is 11.8 Å². The van der Waals surface area contributed by atoms with Gasteiger partial charge in [-0.05, 0) is 17.5 Å². The molecule has 1 unspecified atom stereocenters. The lowest BCUT2D eigenvalue weighted by molar-refractivity contribution is 0.686. The Morgan fingerprint density at radius 2 is 1.60 bits per heavy atom. The van der Waals surface area contributed by atoms with E-state index >= 15 is 0 Å². The van der Waals surface area contributed by atoms with Gasteiger partial charge in [0.05, 0.1) is 6.54 Å². The number of amidine groups is 1. The maximum Gasteiger partial charge on any atom is 0.157 e. The molecule has 1 fully saturated rings. The molecule has 2 nitrogen and oxygen atoms in total. The molecule has 3 heteroatoms. The summed E-state index contributed by atoms with van der Waals surface area (Å²) >= 11 is 1.83. The second-order valence-electron chi connectivity index (χ2n) is 4.95. The van der Waals surface area contributed by atoms with Gasteiger partial charge >= 0.3 is 0 Å². The van der Waals surface area contributed by atoms with Crippen LogP contribution < -0.4 is 5.32 Å². The molecule has 2 aromatic carbocycles. The van der Waals surface area contributed by atoms with Gasteiger partial charge < -0.3 is 5.32 Å². The highest BCUT2D eigenvalue weighted by Gasteiger charge is 2.20. The van der Waals surface area contributed by atoms with Gasteiger partial charge in [0.25, 0.3) is 0 Å². The van der Waals surface area contributed by atoms with Gasteiger partial charge in [0.2, 0.25) is 0 Å². The van der Waals surface area contributed by atoms with Gasteiger partial charge in [-0.25, -0.2) is 0 Å². The van der Waals surface area contributed by atoms with Crippen LogP contribution in [0.3, 0.4) is 0 Å². The van der Waals surface area contributed by atoms with E-state index in [1.807, 2.05) is 17.8 Å². The summed E-state index contributed by atoms with van der Waals surface area (Å²) < 4.78 is 0. The van der Waals surface area contributed by atoms with E-state index in [0.29, 0.717) is 6.04 Å². The predicted octanol–water partition coefficient (Wildman–Crippen LogP) is 3.49. The van der Waals surface area contributed by atoms with Gasteiger partial charge in [0.1, 0.15) is 0 Å². The molecule has 0 radical (unpaired) electrons. The number of nitrogens with zero attached hydrogens (tertiary/aromatic N) is 1. The van der Waals surface area contributed by atoms with Gasteiger partial charge in [-0.2, -0.15) is 0 Å². The van der Waals surface area contributed by atoms with Gasteiger partial charge in [-0.3, -0.25) is 4.99 Å². The first-order valence-corrected chi connectivity index (χ1v) is 7.90. The van der Waals surface area contributed by atoms with E-state index < -0.39 is 0 Å². The molecular weight excluding hydrogens is 264 g/mol. The van der Waals surface area contributed by atoms with Crippen LogP contribution in [-0.4, -0.2) is 17.0 Å². The van der Waals surface area contributed by atoms with Crippen LogP contribution in [0.15, 0.2) is 65.7 Å². The minimum atomic E-state index is 0.497. The molecule has 20 heavy (non-hydrogen) atoms. The van der Waals surface area contributed by atoms with Crippen molar-refractivity contribution in [2.45, 2.75) is 19.0 Å². The second kappa shape index (κ2) is 6.62. The Bertz CT molecular complexity index is 566. The summed E-state index contributed by atoms with van der Waals surface area (Å²) in [6.07, 6.45) is 1.07. The number of benzene rings is 2. The van der Waals surface area contributed by atoms with Crippen LogP contribution in [0.2, 0.25) is 0 Å². The Labute approximate surface area is 124 Å². The molecule has 0 amide bonds. The quantitative estimate of drug-likeness (QED) is 0.928. The second-order valence-corrected chi connectivity index (χ2v) is 5.96. The molecule has 102 valence electrons. The zero-order valence-corrected chi connectivity index (χ0v) is 12.1. The highest BCUT2D eigenvalue weighted by atomic mass is 32.2. The fraction of sp³-hybridized carbons (Fsp3) is 0.235. The molecule has 1 aliphatic rings. The monoisotopic (exact) mass is 282 g/mol. The van der Waals surface area contributed by atoms with E-state index in [0.717, 1.165) is 23.9 Å². The molecular formula is C17H18N2S. The molecule has 1 heterocycles. The molecule has 3 rings (SSSR count). The Morgan fingerprint density at radius 1 is 0.950 bits per heavy atom. The SMILES string of the molecule is c1ccc(CN=C2NC(Cc3ccccc3)CS2)cc1. The van der Waals surface area contributed by atoms with Crippen LogP contribution in [0.1, 0.15) is 11.1 Å².